The second kappa shape index (κ2) is 7.01. The van der Waals surface area contributed by atoms with Crippen LogP contribution in [-0.4, -0.2) is 39.0 Å². The van der Waals surface area contributed by atoms with Gasteiger partial charge in [-0.3, -0.25) is 0 Å². The number of amidine groups is 1. The lowest BCUT2D eigenvalue weighted by atomic mass is 10.1. The smallest absolute Gasteiger partial charge is 0.257 e. The molecule has 0 spiro atoms. The summed E-state index contributed by atoms with van der Waals surface area (Å²) in [5.74, 6) is 2.19. The lowest BCUT2D eigenvalue weighted by Crippen LogP contribution is -2.27. The van der Waals surface area contributed by atoms with Gasteiger partial charge in [0.15, 0.2) is 11.7 Å². The molecular weight excluding hydrogens is 378 g/mol. The highest BCUT2D eigenvalue weighted by atomic mass is 32.2. The van der Waals surface area contributed by atoms with E-state index in [4.69, 9.17) is 9.62 Å². The van der Waals surface area contributed by atoms with E-state index in [0.717, 1.165) is 17.0 Å². The highest BCUT2D eigenvalue weighted by molar-refractivity contribution is 7.97. The zero-order valence-corrected chi connectivity index (χ0v) is 17.3. The highest BCUT2D eigenvalue weighted by Gasteiger charge is 2.34. The van der Waals surface area contributed by atoms with Crippen LogP contribution in [0.15, 0.2) is 51.4 Å². The molecule has 2 aromatic heterocycles. The van der Waals surface area contributed by atoms with Crippen LogP contribution < -0.4 is 0 Å². The lowest BCUT2D eigenvalue weighted by molar-refractivity contribution is 0.391. The van der Waals surface area contributed by atoms with Crippen LogP contribution in [0, 0.1) is 6.92 Å². The summed E-state index contributed by atoms with van der Waals surface area (Å²) in [5.41, 5.74) is 2.10. The van der Waals surface area contributed by atoms with Crippen LogP contribution in [0.3, 0.4) is 0 Å². The molecule has 140 valence electrons. The van der Waals surface area contributed by atoms with Crippen molar-refractivity contribution >= 4 is 29.1 Å². The van der Waals surface area contributed by atoms with Crippen molar-refractivity contribution in [2.24, 2.45) is 5.10 Å². The first-order chi connectivity index (χ1) is 12.9. The number of aromatic nitrogens is 2. The van der Waals surface area contributed by atoms with Crippen molar-refractivity contribution in [1.82, 2.24) is 19.5 Å². The molecule has 0 fully saturated rings. The third-order valence-corrected chi connectivity index (χ3v) is 6.12. The standard InChI is InChI=1S/C19H21N5OS2/c1-13-7-5-8-14(11-13)17-20-18(22-25-17)19(2,3)27-24-12-23(4)16(21-24)15-9-6-10-26-15/h5-11H,12H2,1-4H3. The number of aryl methyl sites for hydroxylation is 1. The van der Waals surface area contributed by atoms with E-state index in [1.807, 2.05) is 41.7 Å². The molecule has 1 aliphatic rings. The molecule has 3 heterocycles. The second-order valence-corrected chi connectivity index (χ2v) is 9.56. The van der Waals surface area contributed by atoms with Crippen LogP contribution in [0.25, 0.3) is 11.5 Å². The molecule has 0 unspecified atom stereocenters. The van der Waals surface area contributed by atoms with Gasteiger partial charge in [0.1, 0.15) is 6.67 Å². The summed E-state index contributed by atoms with van der Waals surface area (Å²) in [6.45, 7) is 6.93. The molecule has 0 N–H and O–H groups in total. The average molecular weight is 400 g/mol. The van der Waals surface area contributed by atoms with Gasteiger partial charge in [0, 0.05) is 12.6 Å². The minimum absolute atomic E-state index is 0.374. The van der Waals surface area contributed by atoms with Crippen molar-refractivity contribution in [2.45, 2.75) is 25.5 Å². The Kier molecular flexibility index (Phi) is 4.69. The first-order valence-corrected chi connectivity index (χ1v) is 10.3. The Balaban J connectivity index is 1.53. The fourth-order valence-electron chi connectivity index (χ4n) is 2.82. The van der Waals surface area contributed by atoms with E-state index in [9.17, 15) is 0 Å². The summed E-state index contributed by atoms with van der Waals surface area (Å²) in [6.07, 6.45) is 0. The number of hydrazone groups is 1. The van der Waals surface area contributed by atoms with Crippen LogP contribution in [0.2, 0.25) is 0 Å². The van der Waals surface area contributed by atoms with Crippen molar-refractivity contribution < 1.29 is 4.52 Å². The molecule has 27 heavy (non-hydrogen) atoms. The summed E-state index contributed by atoms with van der Waals surface area (Å²) < 4.78 is 7.13. The molecule has 4 rings (SSSR count). The van der Waals surface area contributed by atoms with E-state index in [2.05, 4.69) is 47.4 Å². The Hall–Kier alpha value is -2.32. The first-order valence-electron chi connectivity index (χ1n) is 8.64. The van der Waals surface area contributed by atoms with E-state index < -0.39 is 0 Å². The molecule has 0 bridgehead atoms. The third-order valence-electron chi connectivity index (χ3n) is 4.21. The zero-order chi connectivity index (χ0) is 19.0. The number of nitrogens with zero attached hydrogens (tertiary/aromatic N) is 5. The second-order valence-electron chi connectivity index (χ2n) is 6.99. The Labute approximate surface area is 167 Å². The van der Waals surface area contributed by atoms with Gasteiger partial charge >= 0.3 is 0 Å². The fourth-order valence-corrected chi connectivity index (χ4v) is 4.63. The highest BCUT2D eigenvalue weighted by Crippen LogP contribution is 2.39. The van der Waals surface area contributed by atoms with Gasteiger partial charge in [-0.05, 0) is 56.3 Å². The average Bonchev–Trinajstić information content (AvgIpc) is 3.35. The van der Waals surface area contributed by atoms with E-state index in [-0.39, 0.29) is 4.75 Å². The first kappa shape index (κ1) is 18.1. The van der Waals surface area contributed by atoms with Crippen LogP contribution in [0.5, 0.6) is 0 Å². The van der Waals surface area contributed by atoms with Crippen LogP contribution in [0.1, 0.15) is 30.1 Å². The number of benzene rings is 1. The van der Waals surface area contributed by atoms with E-state index in [0.29, 0.717) is 18.4 Å². The minimum Gasteiger partial charge on any atom is -0.337 e. The van der Waals surface area contributed by atoms with Crippen LogP contribution >= 0.6 is 23.3 Å². The predicted molar refractivity (Wildman–Crippen MR) is 110 cm³/mol. The van der Waals surface area contributed by atoms with E-state index in [1.54, 1.807) is 23.3 Å². The Morgan fingerprint density at radius 2 is 2.07 bits per heavy atom. The quantitative estimate of drug-likeness (QED) is 0.587. The maximum Gasteiger partial charge on any atom is 0.257 e. The normalized spacial score (nSPS) is 14.7. The molecule has 1 aliphatic heterocycles. The van der Waals surface area contributed by atoms with Gasteiger partial charge in [0.25, 0.3) is 5.89 Å². The number of hydrogen-bond acceptors (Lipinski definition) is 8. The Bertz CT molecular complexity index is 964. The van der Waals surface area contributed by atoms with Gasteiger partial charge in [0.05, 0.1) is 9.62 Å². The molecule has 0 saturated heterocycles. The van der Waals surface area contributed by atoms with Crippen molar-refractivity contribution in [3.05, 3.63) is 58.0 Å². The van der Waals surface area contributed by atoms with Crippen LogP contribution in [-0.2, 0) is 4.75 Å². The zero-order valence-electron chi connectivity index (χ0n) is 15.7. The van der Waals surface area contributed by atoms with Crippen molar-refractivity contribution in [3.63, 3.8) is 0 Å². The molecule has 6 nitrogen and oxygen atoms in total. The van der Waals surface area contributed by atoms with Crippen molar-refractivity contribution in [1.29, 1.82) is 0 Å². The maximum atomic E-state index is 5.52. The van der Waals surface area contributed by atoms with Gasteiger partial charge in [0.2, 0.25) is 0 Å². The van der Waals surface area contributed by atoms with E-state index >= 15 is 0 Å². The summed E-state index contributed by atoms with van der Waals surface area (Å²) in [7, 11) is 2.05. The van der Waals surface area contributed by atoms with Gasteiger partial charge in [-0.2, -0.15) is 4.98 Å². The molecule has 8 heteroatoms. The molecule has 0 amide bonds. The number of rotatable bonds is 5. The molecule has 0 aliphatic carbocycles. The predicted octanol–water partition coefficient (Wildman–Crippen LogP) is 4.56. The third kappa shape index (κ3) is 3.72. The van der Waals surface area contributed by atoms with Gasteiger partial charge in [-0.1, -0.05) is 28.9 Å². The van der Waals surface area contributed by atoms with Crippen molar-refractivity contribution in [2.75, 3.05) is 13.7 Å². The van der Waals surface area contributed by atoms with Gasteiger partial charge in [-0.25, -0.2) is 4.41 Å². The van der Waals surface area contributed by atoms with Crippen LogP contribution in [0.4, 0.5) is 0 Å². The molecule has 3 aromatic rings. The monoisotopic (exact) mass is 399 g/mol. The van der Waals surface area contributed by atoms with Crippen molar-refractivity contribution in [3.8, 4) is 11.5 Å². The molecule has 1 aromatic carbocycles. The SMILES string of the molecule is Cc1cccc(-c2nc(C(C)(C)SN3CN(C)C(c4cccs4)=N3)no2)c1. The minimum atomic E-state index is -0.374. The molecule has 0 saturated carbocycles. The molecule has 0 atom stereocenters. The summed E-state index contributed by atoms with van der Waals surface area (Å²) in [6, 6.07) is 12.2. The Morgan fingerprint density at radius 1 is 1.22 bits per heavy atom. The Morgan fingerprint density at radius 3 is 2.81 bits per heavy atom. The van der Waals surface area contributed by atoms with Gasteiger partial charge in [-0.15, -0.1) is 16.4 Å². The largest absolute Gasteiger partial charge is 0.337 e. The number of thiophene rings is 1. The summed E-state index contributed by atoms with van der Waals surface area (Å²) in [4.78, 5) is 7.95. The lowest BCUT2D eigenvalue weighted by Gasteiger charge is -2.24. The number of hydrogen-bond donors (Lipinski definition) is 0. The van der Waals surface area contributed by atoms with E-state index in [1.165, 1.54) is 4.88 Å². The fraction of sp³-hybridized carbons (Fsp3) is 0.316. The maximum absolute atomic E-state index is 5.52. The topological polar surface area (TPSA) is 57.8 Å². The summed E-state index contributed by atoms with van der Waals surface area (Å²) in [5, 5.41) is 11.1. The molecular formula is C19H21N5OS2. The molecule has 0 radical (unpaired) electrons. The summed E-state index contributed by atoms with van der Waals surface area (Å²) >= 11 is 3.30. The van der Waals surface area contributed by atoms with Gasteiger partial charge < -0.3 is 9.42 Å².